The molecule has 72 valence electrons. The Balaban J connectivity index is 4.69. The van der Waals surface area contributed by atoms with Crippen LogP contribution in [-0.2, 0) is 19.1 Å². The molecule has 0 aliphatic rings. The molecule has 0 radical (unpaired) electrons. The number of aliphatic imine (C=N–C) groups is 1. The van der Waals surface area contributed by atoms with Crippen molar-refractivity contribution in [1.29, 1.82) is 0 Å². The number of carbonyl (C=O) groups excluding carboxylic acids is 2. The van der Waals surface area contributed by atoms with Gasteiger partial charge in [0.15, 0.2) is 5.70 Å². The maximum absolute atomic E-state index is 10.9. The predicted octanol–water partition coefficient (Wildman–Crippen LogP) is -0.797. The van der Waals surface area contributed by atoms with Crippen LogP contribution < -0.4 is 5.73 Å². The summed E-state index contributed by atoms with van der Waals surface area (Å²) in [5.41, 5.74) is 4.74. The fraction of sp³-hybridized carbons (Fsp3) is 0.286. The van der Waals surface area contributed by atoms with Crippen molar-refractivity contribution in [2.45, 2.75) is 0 Å². The second kappa shape index (κ2) is 5.76. The molecular weight excluding hydrogens is 176 g/mol. The molecular formula is C7H10N2O4. The van der Waals surface area contributed by atoms with Crippen molar-refractivity contribution in [3.8, 4) is 0 Å². The topological polar surface area (TPSA) is 91.0 Å². The van der Waals surface area contributed by atoms with Crippen molar-refractivity contribution in [3.63, 3.8) is 0 Å². The highest BCUT2D eigenvalue weighted by atomic mass is 16.5. The van der Waals surface area contributed by atoms with Crippen LogP contribution in [0.3, 0.4) is 0 Å². The summed E-state index contributed by atoms with van der Waals surface area (Å²) in [6.07, 6.45) is 1.76. The van der Waals surface area contributed by atoms with E-state index in [0.29, 0.717) is 0 Å². The second-order valence-electron chi connectivity index (χ2n) is 1.82. The summed E-state index contributed by atoms with van der Waals surface area (Å²) in [5.74, 6) is -1.46. The van der Waals surface area contributed by atoms with Gasteiger partial charge >= 0.3 is 11.9 Å². The van der Waals surface area contributed by atoms with E-state index in [4.69, 9.17) is 5.73 Å². The number of rotatable bonds is 3. The Labute approximate surface area is 75.0 Å². The molecule has 0 aliphatic heterocycles. The number of methoxy groups -OCH3 is 2. The molecule has 0 bridgehead atoms. The lowest BCUT2D eigenvalue weighted by Gasteiger charge is -1.97. The van der Waals surface area contributed by atoms with Gasteiger partial charge in [0, 0.05) is 0 Å². The van der Waals surface area contributed by atoms with E-state index < -0.39 is 11.9 Å². The molecule has 0 aromatic heterocycles. The highest BCUT2D eigenvalue weighted by Gasteiger charge is 2.09. The van der Waals surface area contributed by atoms with Gasteiger partial charge in [-0.1, -0.05) is 0 Å². The fourth-order valence-corrected chi connectivity index (χ4v) is 0.504. The molecule has 0 atom stereocenters. The standard InChI is InChI=1S/C7H10N2O4/c1-12-6(10)3-5(9-4-8)7(11)13-2/h3-4H,1-2H3,(H2,8,9). The Bertz CT molecular complexity index is 257. The van der Waals surface area contributed by atoms with Crippen LogP contribution in [0.5, 0.6) is 0 Å². The summed E-state index contributed by atoms with van der Waals surface area (Å²) in [7, 11) is 2.35. The third-order valence-corrected chi connectivity index (χ3v) is 1.06. The second-order valence-corrected chi connectivity index (χ2v) is 1.82. The van der Waals surface area contributed by atoms with Gasteiger partial charge in [0.05, 0.1) is 26.6 Å². The minimum absolute atomic E-state index is 0.211. The van der Waals surface area contributed by atoms with E-state index in [1.54, 1.807) is 0 Å². The Morgan fingerprint density at radius 3 is 2.31 bits per heavy atom. The summed E-state index contributed by atoms with van der Waals surface area (Å²) < 4.78 is 8.61. The van der Waals surface area contributed by atoms with E-state index in [-0.39, 0.29) is 5.70 Å². The Morgan fingerprint density at radius 2 is 1.92 bits per heavy atom. The van der Waals surface area contributed by atoms with Gasteiger partial charge in [0.1, 0.15) is 0 Å². The van der Waals surface area contributed by atoms with Crippen molar-refractivity contribution in [1.82, 2.24) is 0 Å². The Hall–Kier alpha value is -1.85. The SMILES string of the molecule is COC(=O)C=C(N=CN)C(=O)OC. The maximum atomic E-state index is 10.9. The molecule has 13 heavy (non-hydrogen) atoms. The lowest BCUT2D eigenvalue weighted by molar-refractivity contribution is -0.138. The van der Waals surface area contributed by atoms with E-state index in [1.807, 2.05) is 0 Å². The Kier molecular flexibility index (Phi) is 4.94. The Morgan fingerprint density at radius 1 is 1.31 bits per heavy atom. The van der Waals surface area contributed by atoms with Gasteiger partial charge in [-0.25, -0.2) is 14.6 Å². The number of nitrogens with zero attached hydrogens (tertiary/aromatic N) is 1. The molecule has 0 aromatic carbocycles. The number of ether oxygens (including phenoxy) is 2. The quantitative estimate of drug-likeness (QED) is 0.270. The number of nitrogens with two attached hydrogens (primary N) is 1. The van der Waals surface area contributed by atoms with Crippen molar-refractivity contribution >= 4 is 18.3 Å². The van der Waals surface area contributed by atoms with Crippen LogP contribution in [0.1, 0.15) is 0 Å². The molecule has 6 nitrogen and oxygen atoms in total. The first kappa shape index (κ1) is 11.2. The van der Waals surface area contributed by atoms with E-state index in [2.05, 4.69) is 14.5 Å². The third kappa shape index (κ3) is 3.90. The van der Waals surface area contributed by atoms with E-state index >= 15 is 0 Å². The van der Waals surface area contributed by atoms with Crippen molar-refractivity contribution in [2.75, 3.05) is 14.2 Å². The molecule has 6 heteroatoms. The van der Waals surface area contributed by atoms with Crippen LogP contribution in [0, 0.1) is 0 Å². The number of hydrogen-bond donors (Lipinski definition) is 1. The maximum Gasteiger partial charge on any atom is 0.356 e. The average Bonchev–Trinajstić information content (AvgIpc) is 2.15. The first-order valence-electron chi connectivity index (χ1n) is 3.28. The lowest BCUT2D eigenvalue weighted by Crippen LogP contribution is -2.07. The van der Waals surface area contributed by atoms with Crippen LogP contribution in [0.2, 0.25) is 0 Å². The van der Waals surface area contributed by atoms with Crippen molar-refractivity contribution in [3.05, 3.63) is 11.8 Å². The van der Waals surface area contributed by atoms with Crippen LogP contribution in [0.15, 0.2) is 16.8 Å². The van der Waals surface area contributed by atoms with Crippen molar-refractivity contribution in [2.24, 2.45) is 10.7 Å². The van der Waals surface area contributed by atoms with Gasteiger partial charge in [-0.05, 0) is 0 Å². The molecule has 0 heterocycles. The summed E-state index contributed by atoms with van der Waals surface area (Å²) in [6, 6.07) is 0. The summed E-state index contributed by atoms with van der Waals surface area (Å²) in [6.45, 7) is 0. The summed E-state index contributed by atoms with van der Waals surface area (Å²) in [4.78, 5) is 25.0. The average molecular weight is 186 g/mol. The molecule has 0 amide bonds. The van der Waals surface area contributed by atoms with Gasteiger partial charge in [-0.15, -0.1) is 0 Å². The van der Waals surface area contributed by atoms with Crippen LogP contribution in [-0.4, -0.2) is 32.5 Å². The number of hydrogen-bond acceptors (Lipinski definition) is 5. The smallest absolute Gasteiger partial charge is 0.356 e. The minimum atomic E-state index is -0.757. The van der Waals surface area contributed by atoms with Gasteiger partial charge in [0.2, 0.25) is 0 Å². The minimum Gasteiger partial charge on any atom is -0.466 e. The normalized spacial score (nSPS) is 11.4. The van der Waals surface area contributed by atoms with E-state index in [1.165, 1.54) is 14.2 Å². The van der Waals surface area contributed by atoms with Crippen molar-refractivity contribution < 1.29 is 19.1 Å². The largest absolute Gasteiger partial charge is 0.466 e. The summed E-state index contributed by atoms with van der Waals surface area (Å²) in [5, 5.41) is 0. The lowest BCUT2D eigenvalue weighted by atomic mass is 10.4. The third-order valence-electron chi connectivity index (χ3n) is 1.06. The first-order valence-corrected chi connectivity index (χ1v) is 3.28. The highest BCUT2D eigenvalue weighted by molar-refractivity contribution is 5.96. The fourth-order valence-electron chi connectivity index (χ4n) is 0.504. The van der Waals surface area contributed by atoms with Gasteiger partial charge in [-0.3, -0.25) is 0 Å². The summed E-state index contributed by atoms with van der Waals surface area (Å²) >= 11 is 0. The molecule has 0 aliphatic carbocycles. The van der Waals surface area contributed by atoms with Gasteiger partial charge in [0.25, 0.3) is 0 Å². The molecule has 2 N–H and O–H groups in total. The van der Waals surface area contributed by atoms with E-state index in [0.717, 1.165) is 12.4 Å². The zero-order valence-corrected chi connectivity index (χ0v) is 7.31. The zero-order valence-electron chi connectivity index (χ0n) is 7.31. The number of esters is 2. The first-order chi connectivity index (χ1) is 6.15. The highest BCUT2D eigenvalue weighted by Crippen LogP contribution is 1.98. The van der Waals surface area contributed by atoms with E-state index in [9.17, 15) is 9.59 Å². The molecule has 0 unspecified atom stereocenters. The predicted molar refractivity (Wildman–Crippen MR) is 44.8 cm³/mol. The van der Waals surface area contributed by atoms with Gasteiger partial charge in [-0.2, -0.15) is 0 Å². The molecule has 0 aromatic rings. The molecule has 0 rings (SSSR count). The molecule has 0 spiro atoms. The van der Waals surface area contributed by atoms with Crippen LogP contribution in [0.4, 0.5) is 0 Å². The van der Waals surface area contributed by atoms with Gasteiger partial charge < -0.3 is 15.2 Å². The van der Waals surface area contributed by atoms with Crippen LogP contribution in [0.25, 0.3) is 0 Å². The molecule has 0 saturated heterocycles. The molecule has 0 saturated carbocycles. The van der Waals surface area contributed by atoms with Crippen LogP contribution >= 0.6 is 0 Å². The zero-order chi connectivity index (χ0) is 10.3. The molecule has 0 fully saturated rings. The monoisotopic (exact) mass is 186 g/mol. The number of carbonyl (C=O) groups is 2.